The zero-order valence-corrected chi connectivity index (χ0v) is 14.6. The quantitative estimate of drug-likeness (QED) is 0.606. The molecule has 1 aromatic carbocycles. The molecule has 8 heteroatoms. The lowest BCUT2D eigenvalue weighted by Gasteiger charge is -2.19. The van der Waals surface area contributed by atoms with Crippen molar-refractivity contribution < 1.29 is 17.9 Å². The van der Waals surface area contributed by atoms with E-state index in [9.17, 15) is 13.2 Å². The molecule has 0 aliphatic carbocycles. The lowest BCUT2D eigenvalue weighted by atomic mass is 10.2. The fraction of sp³-hybridized carbons (Fsp3) is 0.588. The molecule has 2 rings (SSSR count). The van der Waals surface area contributed by atoms with E-state index >= 15 is 0 Å². The van der Waals surface area contributed by atoms with Crippen molar-refractivity contribution >= 4 is 5.96 Å². The first-order valence-corrected chi connectivity index (χ1v) is 8.37. The van der Waals surface area contributed by atoms with Crippen molar-refractivity contribution in [2.75, 3.05) is 33.3 Å². The molecule has 2 N–H and O–H groups in total. The number of para-hydroxylation sites is 1. The Morgan fingerprint density at radius 3 is 2.80 bits per heavy atom. The Morgan fingerprint density at radius 1 is 1.36 bits per heavy atom. The van der Waals surface area contributed by atoms with Gasteiger partial charge in [-0.05, 0) is 19.4 Å². The van der Waals surface area contributed by atoms with Gasteiger partial charge in [-0.1, -0.05) is 18.2 Å². The number of hydrogen-bond donors (Lipinski definition) is 2. The standard InChI is InChI=1S/C17H25F3N4O/c1-3-21-16(22-10-13-6-4-5-7-15(13)25-2)23-14-8-9-24(11-14)12-17(18,19)20/h4-7,14H,3,8-12H2,1-2H3,(H2,21,22,23). The molecule has 0 amide bonds. The Bertz CT molecular complexity index is 577. The molecule has 0 bridgehead atoms. The minimum absolute atomic E-state index is 0.0437. The Kier molecular flexibility index (Phi) is 6.92. The second-order valence-electron chi connectivity index (χ2n) is 5.99. The van der Waals surface area contributed by atoms with E-state index in [1.54, 1.807) is 7.11 Å². The molecule has 1 saturated heterocycles. The molecular weight excluding hydrogens is 333 g/mol. The number of hydrogen-bond acceptors (Lipinski definition) is 3. The van der Waals surface area contributed by atoms with Crippen molar-refractivity contribution in [3.05, 3.63) is 29.8 Å². The normalized spacial score (nSPS) is 19.1. The van der Waals surface area contributed by atoms with Crippen LogP contribution in [0, 0.1) is 0 Å². The monoisotopic (exact) mass is 358 g/mol. The van der Waals surface area contributed by atoms with Crippen LogP contribution in [0.1, 0.15) is 18.9 Å². The number of nitrogens with one attached hydrogen (secondary N) is 2. The van der Waals surface area contributed by atoms with Crippen LogP contribution in [0.25, 0.3) is 0 Å². The van der Waals surface area contributed by atoms with Crippen LogP contribution >= 0.6 is 0 Å². The summed E-state index contributed by atoms with van der Waals surface area (Å²) in [6, 6.07) is 7.57. The number of guanidine groups is 1. The highest BCUT2D eigenvalue weighted by Crippen LogP contribution is 2.20. The van der Waals surface area contributed by atoms with Crippen molar-refractivity contribution in [1.82, 2.24) is 15.5 Å². The smallest absolute Gasteiger partial charge is 0.401 e. The molecule has 0 aromatic heterocycles. The first-order chi connectivity index (χ1) is 11.9. The van der Waals surface area contributed by atoms with Crippen LogP contribution in [-0.4, -0.2) is 56.4 Å². The number of rotatable bonds is 6. The molecule has 25 heavy (non-hydrogen) atoms. The highest BCUT2D eigenvalue weighted by molar-refractivity contribution is 5.80. The summed E-state index contributed by atoms with van der Waals surface area (Å²) >= 11 is 0. The van der Waals surface area contributed by atoms with Gasteiger partial charge in [0.2, 0.25) is 0 Å². The number of benzene rings is 1. The van der Waals surface area contributed by atoms with Gasteiger partial charge in [-0.15, -0.1) is 0 Å². The average molecular weight is 358 g/mol. The largest absolute Gasteiger partial charge is 0.496 e. The summed E-state index contributed by atoms with van der Waals surface area (Å²) < 4.78 is 42.8. The van der Waals surface area contributed by atoms with Gasteiger partial charge in [-0.2, -0.15) is 13.2 Å². The van der Waals surface area contributed by atoms with E-state index in [2.05, 4.69) is 15.6 Å². The molecule has 1 fully saturated rings. The van der Waals surface area contributed by atoms with Gasteiger partial charge in [0.15, 0.2) is 5.96 Å². The molecule has 1 atom stereocenters. The number of halogens is 3. The average Bonchev–Trinajstić information content (AvgIpc) is 2.98. The summed E-state index contributed by atoms with van der Waals surface area (Å²) in [6.07, 6.45) is -3.49. The van der Waals surface area contributed by atoms with Crippen molar-refractivity contribution in [1.29, 1.82) is 0 Å². The molecule has 1 heterocycles. The van der Waals surface area contributed by atoms with Crippen molar-refractivity contribution in [3.8, 4) is 5.75 Å². The highest BCUT2D eigenvalue weighted by Gasteiger charge is 2.34. The van der Waals surface area contributed by atoms with E-state index in [0.717, 1.165) is 11.3 Å². The summed E-state index contributed by atoms with van der Waals surface area (Å²) in [5.41, 5.74) is 0.951. The lowest BCUT2D eigenvalue weighted by Crippen LogP contribution is -2.45. The van der Waals surface area contributed by atoms with E-state index in [1.165, 1.54) is 4.90 Å². The maximum absolute atomic E-state index is 12.5. The molecule has 0 radical (unpaired) electrons. The van der Waals surface area contributed by atoms with E-state index in [1.807, 2.05) is 31.2 Å². The van der Waals surface area contributed by atoms with Gasteiger partial charge in [0.05, 0.1) is 20.2 Å². The second-order valence-corrected chi connectivity index (χ2v) is 5.99. The first-order valence-electron chi connectivity index (χ1n) is 8.37. The predicted octanol–water partition coefficient (Wildman–Crippen LogP) is 2.39. The van der Waals surface area contributed by atoms with Crippen LogP contribution in [0.5, 0.6) is 5.75 Å². The zero-order chi connectivity index (χ0) is 18.3. The fourth-order valence-electron chi connectivity index (χ4n) is 2.86. The summed E-state index contributed by atoms with van der Waals surface area (Å²) in [6.45, 7) is 2.99. The molecule has 1 aliphatic rings. The summed E-state index contributed by atoms with van der Waals surface area (Å²) in [5.74, 6) is 1.37. The van der Waals surface area contributed by atoms with Gasteiger partial charge in [-0.3, -0.25) is 4.90 Å². The SMILES string of the molecule is CCNC(=NCc1ccccc1OC)NC1CCN(CC(F)(F)F)C1. The number of aliphatic imine (C=N–C) groups is 1. The topological polar surface area (TPSA) is 48.9 Å². The molecular formula is C17H25F3N4O. The van der Waals surface area contributed by atoms with E-state index in [4.69, 9.17) is 4.74 Å². The third-order valence-corrected chi connectivity index (χ3v) is 3.96. The number of ether oxygens (including phenoxy) is 1. The molecule has 140 valence electrons. The maximum Gasteiger partial charge on any atom is 0.401 e. The van der Waals surface area contributed by atoms with Crippen LogP contribution < -0.4 is 15.4 Å². The van der Waals surface area contributed by atoms with E-state index in [0.29, 0.717) is 38.6 Å². The van der Waals surface area contributed by atoms with Crippen LogP contribution in [0.3, 0.4) is 0 Å². The molecule has 1 aromatic rings. The van der Waals surface area contributed by atoms with Crippen molar-refractivity contribution in [2.45, 2.75) is 32.1 Å². The summed E-state index contributed by atoms with van der Waals surface area (Å²) in [7, 11) is 1.61. The van der Waals surface area contributed by atoms with Gasteiger partial charge in [-0.25, -0.2) is 4.99 Å². The van der Waals surface area contributed by atoms with Crippen LogP contribution in [0.15, 0.2) is 29.3 Å². The molecule has 5 nitrogen and oxygen atoms in total. The Labute approximate surface area is 146 Å². The predicted molar refractivity (Wildman–Crippen MR) is 91.8 cm³/mol. The Morgan fingerprint density at radius 2 is 2.12 bits per heavy atom. The second kappa shape index (κ2) is 8.94. The van der Waals surface area contributed by atoms with E-state index < -0.39 is 12.7 Å². The zero-order valence-electron chi connectivity index (χ0n) is 14.6. The molecule has 0 spiro atoms. The van der Waals surface area contributed by atoms with Crippen LogP contribution in [-0.2, 0) is 6.54 Å². The highest BCUT2D eigenvalue weighted by atomic mass is 19.4. The van der Waals surface area contributed by atoms with Crippen molar-refractivity contribution in [2.24, 2.45) is 4.99 Å². The third kappa shape index (κ3) is 6.45. The first kappa shape index (κ1) is 19.4. The van der Waals surface area contributed by atoms with Crippen LogP contribution in [0.2, 0.25) is 0 Å². The number of likely N-dealkylation sites (tertiary alicyclic amines) is 1. The minimum atomic E-state index is -4.16. The van der Waals surface area contributed by atoms with Crippen LogP contribution in [0.4, 0.5) is 13.2 Å². The van der Waals surface area contributed by atoms with Crippen molar-refractivity contribution in [3.63, 3.8) is 0 Å². The molecule has 0 saturated carbocycles. The number of methoxy groups -OCH3 is 1. The van der Waals surface area contributed by atoms with E-state index in [-0.39, 0.29) is 6.04 Å². The number of alkyl halides is 3. The Balaban J connectivity index is 1.94. The summed E-state index contributed by atoms with van der Waals surface area (Å²) in [5, 5.41) is 6.37. The fourth-order valence-corrected chi connectivity index (χ4v) is 2.86. The molecule has 1 unspecified atom stereocenters. The van der Waals surface area contributed by atoms with Gasteiger partial charge in [0.1, 0.15) is 5.75 Å². The minimum Gasteiger partial charge on any atom is -0.496 e. The van der Waals surface area contributed by atoms with Gasteiger partial charge < -0.3 is 15.4 Å². The lowest BCUT2D eigenvalue weighted by molar-refractivity contribution is -0.143. The van der Waals surface area contributed by atoms with Gasteiger partial charge in [0, 0.05) is 31.2 Å². The number of nitrogens with zero attached hydrogens (tertiary/aromatic N) is 2. The third-order valence-electron chi connectivity index (χ3n) is 3.96. The van der Waals surface area contributed by atoms with Gasteiger partial charge >= 0.3 is 6.18 Å². The molecule has 1 aliphatic heterocycles. The Hall–Kier alpha value is -1.96. The maximum atomic E-state index is 12.5. The summed E-state index contributed by atoms with van der Waals surface area (Å²) in [4.78, 5) is 5.95. The van der Waals surface area contributed by atoms with Gasteiger partial charge in [0.25, 0.3) is 0 Å².